The van der Waals surface area contributed by atoms with E-state index in [0.717, 1.165) is 19.9 Å². The van der Waals surface area contributed by atoms with E-state index in [1.54, 1.807) is 13.1 Å². The van der Waals surface area contributed by atoms with Crippen LogP contribution in [0.25, 0.3) is 21.7 Å². The number of nitrogen functional groups attached to an aromatic ring is 1. The first-order valence-corrected chi connectivity index (χ1v) is 6.69. The standard InChI is InChI=1S/C11H8BrN3O2S/c1-15-6-4-5(2-3-7(6)17-11(15)16)10-14-9(13)8(12)18-10/h2-4H,13H2,1H3. The maximum Gasteiger partial charge on any atom is 0.419 e. The molecule has 92 valence electrons. The minimum atomic E-state index is -0.373. The van der Waals surface area contributed by atoms with Crippen LogP contribution in [0.15, 0.2) is 31.2 Å². The number of fused-ring (bicyclic) bond motifs is 1. The van der Waals surface area contributed by atoms with Crippen molar-refractivity contribution in [2.24, 2.45) is 7.05 Å². The van der Waals surface area contributed by atoms with Gasteiger partial charge in [0.25, 0.3) is 0 Å². The summed E-state index contributed by atoms with van der Waals surface area (Å²) < 4.78 is 7.34. The van der Waals surface area contributed by atoms with E-state index in [4.69, 9.17) is 10.2 Å². The van der Waals surface area contributed by atoms with E-state index in [1.807, 2.05) is 12.1 Å². The van der Waals surface area contributed by atoms with Crippen molar-refractivity contribution < 1.29 is 4.42 Å². The molecule has 1 aromatic carbocycles. The lowest BCUT2D eigenvalue weighted by Gasteiger charge is -1.96. The molecule has 0 aliphatic heterocycles. The summed E-state index contributed by atoms with van der Waals surface area (Å²) in [5, 5.41) is 0.801. The van der Waals surface area contributed by atoms with Gasteiger partial charge in [0.1, 0.15) is 14.6 Å². The molecule has 0 aliphatic carbocycles. The third kappa shape index (κ3) is 1.67. The topological polar surface area (TPSA) is 74.0 Å². The van der Waals surface area contributed by atoms with Gasteiger partial charge in [-0.05, 0) is 34.1 Å². The molecule has 18 heavy (non-hydrogen) atoms. The molecule has 0 atom stereocenters. The Balaban J connectivity index is 2.24. The predicted molar refractivity (Wildman–Crippen MR) is 74.7 cm³/mol. The Labute approximate surface area is 114 Å². The van der Waals surface area contributed by atoms with Crippen molar-refractivity contribution in [2.45, 2.75) is 0 Å². The van der Waals surface area contributed by atoms with E-state index >= 15 is 0 Å². The van der Waals surface area contributed by atoms with Crippen molar-refractivity contribution in [3.05, 3.63) is 32.5 Å². The van der Waals surface area contributed by atoms with Gasteiger partial charge in [-0.1, -0.05) is 0 Å². The number of hydrogen-bond donors (Lipinski definition) is 1. The van der Waals surface area contributed by atoms with Crippen LogP contribution in [0.2, 0.25) is 0 Å². The molecule has 0 amide bonds. The number of thiazole rings is 1. The Kier molecular flexibility index (Phi) is 2.53. The highest BCUT2D eigenvalue weighted by molar-refractivity contribution is 9.11. The number of nitrogens with zero attached hydrogens (tertiary/aromatic N) is 2. The van der Waals surface area contributed by atoms with Gasteiger partial charge in [0.05, 0.1) is 5.52 Å². The van der Waals surface area contributed by atoms with E-state index in [2.05, 4.69) is 20.9 Å². The fourth-order valence-corrected chi connectivity index (χ4v) is 2.95. The first kappa shape index (κ1) is 11.5. The van der Waals surface area contributed by atoms with E-state index in [9.17, 15) is 4.79 Å². The highest BCUT2D eigenvalue weighted by Crippen LogP contribution is 2.34. The molecule has 0 fully saturated rings. The first-order valence-electron chi connectivity index (χ1n) is 5.08. The Bertz CT molecular complexity index is 783. The average Bonchev–Trinajstić information content (AvgIpc) is 2.82. The van der Waals surface area contributed by atoms with Gasteiger partial charge in [-0.15, -0.1) is 11.3 Å². The summed E-state index contributed by atoms with van der Waals surface area (Å²) in [5.74, 6) is 0.0955. The molecule has 5 nitrogen and oxygen atoms in total. The number of anilines is 1. The van der Waals surface area contributed by atoms with Crippen molar-refractivity contribution in [3.63, 3.8) is 0 Å². The number of aryl methyl sites for hydroxylation is 1. The van der Waals surface area contributed by atoms with Crippen LogP contribution >= 0.6 is 27.3 Å². The molecule has 0 radical (unpaired) electrons. The zero-order chi connectivity index (χ0) is 12.9. The van der Waals surface area contributed by atoms with Crippen LogP contribution in [0.5, 0.6) is 0 Å². The summed E-state index contributed by atoms with van der Waals surface area (Å²) >= 11 is 4.79. The molecule has 0 unspecified atom stereocenters. The van der Waals surface area contributed by atoms with E-state index in [1.165, 1.54) is 15.9 Å². The summed E-state index contributed by atoms with van der Waals surface area (Å²) in [5.41, 5.74) is 7.91. The van der Waals surface area contributed by atoms with Crippen LogP contribution in [0.4, 0.5) is 5.82 Å². The third-order valence-corrected chi connectivity index (χ3v) is 4.45. The van der Waals surface area contributed by atoms with Gasteiger partial charge < -0.3 is 10.2 Å². The van der Waals surface area contributed by atoms with Crippen LogP contribution < -0.4 is 11.5 Å². The zero-order valence-corrected chi connectivity index (χ0v) is 11.7. The molecule has 3 rings (SSSR count). The van der Waals surface area contributed by atoms with Gasteiger partial charge in [0.15, 0.2) is 5.58 Å². The Morgan fingerprint density at radius 1 is 1.50 bits per heavy atom. The first-order chi connectivity index (χ1) is 8.56. The van der Waals surface area contributed by atoms with Gasteiger partial charge in [-0.3, -0.25) is 4.57 Å². The van der Waals surface area contributed by atoms with Gasteiger partial charge >= 0.3 is 5.76 Å². The molecule has 0 aliphatic rings. The minimum Gasteiger partial charge on any atom is -0.408 e. The van der Waals surface area contributed by atoms with Crippen molar-refractivity contribution in [1.29, 1.82) is 0 Å². The van der Waals surface area contributed by atoms with Crippen molar-refractivity contribution in [2.75, 3.05) is 5.73 Å². The van der Waals surface area contributed by atoms with Crippen LogP contribution in [0.3, 0.4) is 0 Å². The maximum absolute atomic E-state index is 11.4. The second-order valence-electron chi connectivity index (χ2n) is 3.79. The van der Waals surface area contributed by atoms with Crippen LogP contribution in [-0.2, 0) is 7.05 Å². The Morgan fingerprint density at radius 2 is 2.28 bits per heavy atom. The smallest absolute Gasteiger partial charge is 0.408 e. The monoisotopic (exact) mass is 325 g/mol. The fraction of sp³-hybridized carbons (Fsp3) is 0.0909. The molecule has 2 heterocycles. The molecule has 7 heteroatoms. The number of halogens is 1. The summed E-state index contributed by atoms with van der Waals surface area (Å²) in [7, 11) is 1.67. The van der Waals surface area contributed by atoms with Gasteiger partial charge in [-0.25, -0.2) is 9.78 Å². The number of benzene rings is 1. The normalized spacial score (nSPS) is 11.2. The van der Waals surface area contributed by atoms with Crippen LogP contribution in [0.1, 0.15) is 0 Å². The molecule has 0 bridgehead atoms. The Hall–Kier alpha value is -1.60. The van der Waals surface area contributed by atoms with E-state index < -0.39 is 0 Å². The summed E-state index contributed by atoms with van der Waals surface area (Å²) in [4.78, 5) is 15.7. The van der Waals surface area contributed by atoms with Crippen molar-refractivity contribution in [3.8, 4) is 10.6 Å². The summed E-state index contributed by atoms with van der Waals surface area (Å²) in [6.07, 6.45) is 0. The number of nitrogens with two attached hydrogens (primary N) is 1. The highest BCUT2D eigenvalue weighted by atomic mass is 79.9. The predicted octanol–water partition coefficient (Wildman–Crippen LogP) is 2.60. The summed E-state index contributed by atoms with van der Waals surface area (Å²) in [6.45, 7) is 0. The van der Waals surface area contributed by atoms with Gasteiger partial charge in [0.2, 0.25) is 0 Å². The second kappa shape index (κ2) is 3.96. The molecular formula is C11H8BrN3O2S. The van der Waals surface area contributed by atoms with Crippen LogP contribution in [0, 0.1) is 0 Å². The Morgan fingerprint density at radius 3 is 2.94 bits per heavy atom. The molecule has 0 saturated carbocycles. The molecule has 3 aromatic rings. The molecule has 2 aromatic heterocycles. The van der Waals surface area contributed by atoms with E-state index in [0.29, 0.717) is 11.4 Å². The quantitative estimate of drug-likeness (QED) is 0.746. The fourth-order valence-electron chi connectivity index (χ4n) is 1.70. The van der Waals surface area contributed by atoms with Gasteiger partial charge in [0, 0.05) is 12.6 Å². The number of aromatic nitrogens is 2. The number of oxazole rings is 1. The third-order valence-electron chi connectivity index (χ3n) is 2.65. The van der Waals surface area contributed by atoms with E-state index in [-0.39, 0.29) is 5.76 Å². The molecule has 0 spiro atoms. The van der Waals surface area contributed by atoms with Crippen molar-refractivity contribution >= 4 is 44.2 Å². The molecular weight excluding hydrogens is 318 g/mol. The largest absolute Gasteiger partial charge is 0.419 e. The summed E-state index contributed by atoms with van der Waals surface area (Å²) in [6, 6.07) is 5.48. The molecule has 2 N–H and O–H groups in total. The van der Waals surface area contributed by atoms with Gasteiger partial charge in [-0.2, -0.15) is 0 Å². The number of hydrogen-bond acceptors (Lipinski definition) is 5. The average molecular weight is 326 g/mol. The van der Waals surface area contributed by atoms with Crippen LogP contribution in [-0.4, -0.2) is 9.55 Å². The maximum atomic E-state index is 11.4. The van der Waals surface area contributed by atoms with Crippen molar-refractivity contribution in [1.82, 2.24) is 9.55 Å². The molecule has 0 saturated heterocycles. The second-order valence-corrected chi connectivity index (χ2v) is 6.10. The zero-order valence-electron chi connectivity index (χ0n) is 9.31. The highest BCUT2D eigenvalue weighted by Gasteiger charge is 2.11. The minimum absolute atomic E-state index is 0.373. The lowest BCUT2D eigenvalue weighted by atomic mass is 10.2. The SMILES string of the molecule is Cn1c(=O)oc2ccc(-c3nc(N)c(Br)s3)cc21. The lowest BCUT2D eigenvalue weighted by molar-refractivity contribution is 0.528. The lowest BCUT2D eigenvalue weighted by Crippen LogP contribution is -2.08. The number of rotatable bonds is 1.